The van der Waals surface area contributed by atoms with Crippen molar-refractivity contribution in [1.29, 1.82) is 0 Å². The lowest BCUT2D eigenvalue weighted by Gasteiger charge is -2.24. The van der Waals surface area contributed by atoms with Crippen LogP contribution in [0.4, 0.5) is 0 Å². The Morgan fingerprint density at radius 3 is 2.78 bits per heavy atom. The quantitative estimate of drug-likeness (QED) is 0.917. The van der Waals surface area contributed by atoms with Crippen LogP contribution in [0.1, 0.15) is 28.8 Å². The summed E-state index contributed by atoms with van der Waals surface area (Å²) in [5.74, 6) is -0.00166. The van der Waals surface area contributed by atoms with Crippen LogP contribution in [-0.2, 0) is 22.7 Å². The Hall–Kier alpha value is -2.14. The van der Waals surface area contributed by atoms with Crippen LogP contribution < -0.4 is 5.32 Å². The molecule has 0 bridgehead atoms. The molecule has 2 amide bonds. The van der Waals surface area contributed by atoms with E-state index < -0.39 is 0 Å². The predicted octanol–water partition coefficient (Wildman–Crippen LogP) is 2.86. The van der Waals surface area contributed by atoms with Crippen molar-refractivity contribution in [1.82, 2.24) is 10.2 Å². The number of hydrogen-bond donors (Lipinski definition) is 1. The Bertz CT molecular complexity index is 680. The third-order valence-electron chi connectivity index (χ3n) is 4.12. The molecule has 2 aromatic rings. The summed E-state index contributed by atoms with van der Waals surface area (Å²) >= 11 is 1.62. The van der Waals surface area contributed by atoms with Gasteiger partial charge in [0, 0.05) is 17.8 Å². The first-order valence-electron chi connectivity index (χ1n) is 7.78. The molecule has 4 nitrogen and oxygen atoms in total. The van der Waals surface area contributed by atoms with Gasteiger partial charge in [-0.25, -0.2) is 0 Å². The first kappa shape index (κ1) is 15.7. The van der Waals surface area contributed by atoms with Crippen molar-refractivity contribution in [2.45, 2.75) is 38.9 Å². The van der Waals surface area contributed by atoms with E-state index >= 15 is 0 Å². The molecule has 2 heterocycles. The average Bonchev–Trinajstić information content (AvgIpc) is 3.18. The van der Waals surface area contributed by atoms with E-state index in [1.165, 1.54) is 5.56 Å². The van der Waals surface area contributed by atoms with Gasteiger partial charge in [0.1, 0.15) is 6.04 Å². The molecule has 1 aromatic heterocycles. The summed E-state index contributed by atoms with van der Waals surface area (Å²) in [6.07, 6.45) is 1.05. The normalized spacial score (nSPS) is 17.5. The van der Waals surface area contributed by atoms with Crippen molar-refractivity contribution >= 4 is 23.2 Å². The zero-order valence-corrected chi connectivity index (χ0v) is 13.9. The van der Waals surface area contributed by atoms with Crippen molar-refractivity contribution in [3.05, 3.63) is 57.8 Å². The van der Waals surface area contributed by atoms with Crippen LogP contribution in [-0.4, -0.2) is 22.8 Å². The van der Waals surface area contributed by atoms with Gasteiger partial charge in [0.05, 0.1) is 6.54 Å². The fourth-order valence-electron chi connectivity index (χ4n) is 2.80. The van der Waals surface area contributed by atoms with Crippen LogP contribution in [0.5, 0.6) is 0 Å². The van der Waals surface area contributed by atoms with E-state index in [-0.39, 0.29) is 17.9 Å². The number of carbonyl (C=O) groups is 2. The molecule has 1 fully saturated rings. The zero-order valence-electron chi connectivity index (χ0n) is 13.1. The van der Waals surface area contributed by atoms with Gasteiger partial charge < -0.3 is 10.2 Å². The first-order valence-corrected chi connectivity index (χ1v) is 8.66. The molecule has 1 aliphatic heterocycles. The molecule has 1 aliphatic rings. The van der Waals surface area contributed by atoms with E-state index in [0.717, 1.165) is 10.4 Å². The monoisotopic (exact) mass is 328 g/mol. The molecule has 23 heavy (non-hydrogen) atoms. The second-order valence-corrected chi connectivity index (χ2v) is 6.89. The number of amides is 2. The molecule has 1 aromatic carbocycles. The Labute approximate surface area is 140 Å². The van der Waals surface area contributed by atoms with Crippen molar-refractivity contribution in [2.75, 3.05) is 0 Å². The minimum atomic E-state index is -0.358. The number of carbonyl (C=O) groups excluding carboxylic acids is 2. The summed E-state index contributed by atoms with van der Waals surface area (Å²) in [5.41, 5.74) is 2.24. The van der Waals surface area contributed by atoms with Crippen LogP contribution in [0.15, 0.2) is 41.8 Å². The number of rotatable bonds is 5. The van der Waals surface area contributed by atoms with Gasteiger partial charge in [-0.1, -0.05) is 35.9 Å². The SMILES string of the molecule is Cc1ccc(CN2C(=O)CCC2C(=O)NCc2cccs2)cc1. The Balaban J connectivity index is 1.64. The van der Waals surface area contributed by atoms with E-state index in [0.29, 0.717) is 25.9 Å². The molecule has 0 radical (unpaired) electrons. The fourth-order valence-corrected chi connectivity index (χ4v) is 3.44. The maximum absolute atomic E-state index is 12.4. The molecule has 0 spiro atoms. The maximum atomic E-state index is 12.4. The minimum Gasteiger partial charge on any atom is -0.349 e. The van der Waals surface area contributed by atoms with Gasteiger partial charge in [-0.2, -0.15) is 0 Å². The van der Waals surface area contributed by atoms with E-state index in [2.05, 4.69) is 5.32 Å². The number of thiophene rings is 1. The number of nitrogens with zero attached hydrogens (tertiary/aromatic N) is 1. The molecule has 5 heteroatoms. The van der Waals surface area contributed by atoms with Gasteiger partial charge in [-0.05, 0) is 30.4 Å². The molecular formula is C18H20N2O2S. The molecule has 1 unspecified atom stereocenters. The highest BCUT2D eigenvalue weighted by atomic mass is 32.1. The molecular weight excluding hydrogens is 308 g/mol. The average molecular weight is 328 g/mol. The van der Waals surface area contributed by atoms with Gasteiger partial charge in [-0.15, -0.1) is 11.3 Å². The molecule has 3 rings (SSSR count). The number of aryl methyl sites for hydroxylation is 1. The van der Waals surface area contributed by atoms with Gasteiger partial charge in [-0.3, -0.25) is 9.59 Å². The summed E-state index contributed by atoms with van der Waals surface area (Å²) in [6, 6.07) is 11.7. The Morgan fingerprint density at radius 2 is 2.09 bits per heavy atom. The highest BCUT2D eigenvalue weighted by Gasteiger charge is 2.35. The summed E-state index contributed by atoms with van der Waals surface area (Å²) in [4.78, 5) is 27.4. The second kappa shape index (κ2) is 6.96. The third-order valence-corrected chi connectivity index (χ3v) is 5.00. The second-order valence-electron chi connectivity index (χ2n) is 5.86. The van der Waals surface area contributed by atoms with E-state index in [1.807, 2.05) is 48.7 Å². The van der Waals surface area contributed by atoms with E-state index in [4.69, 9.17) is 0 Å². The van der Waals surface area contributed by atoms with Crippen LogP contribution in [0.3, 0.4) is 0 Å². The predicted molar refractivity (Wildman–Crippen MR) is 90.9 cm³/mol. The molecule has 1 saturated heterocycles. The lowest BCUT2D eigenvalue weighted by molar-refractivity contribution is -0.135. The van der Waals surface area contributed by atoms with Crippen LogP contribution in [0.2, 0.25) is 0 Å². The lowest BCUT2D eigenvalue weighted by Crippen LogP contribution is -2.44. The standard InChI is InChI=1S/C18H20N2O2S/c1-13-4-6-14(7-5-13)12-20-16(8-9-17(20)21)18(22)19-11-15-3-2-10-23-15/h2-7,10,16H,8-9,11-12H2,1H3,(H,19,22). The van der Waals surface area contributed by atoms with E-state index in [9.17, 15) is 9.59 Å². The zero-order chi connectivity index (χ0) is 16.2. The van der Waals surface area contributed by atoms with Gasteiger partial charge in [0.2, 0.25) is 11.8 Å². The Kier molecular flexibility index (Phi) is 4.76. The number of nitrogens with one attached hydrogen (secondary N) is 1. The topological polar surface area (TPSA) is 49.4 Å². The summed E-state index contributed by atoms with van der Waals surface area (Å²) in [6.45, 7) is 3.06. The van der Waals surface area contributed by atoms with Crippen LogP contribution in [0.25, 0.3) is 0 Å². The fraction of sp³-hybridized carbons (Fsp3) is 0.333. The molecule has 0 saturated carbocycles. The van der Waals surface area contributed by atoms with Gasteiger partial charge >= 0.3 is 0 Å². The first-order chi connectivity index (χ1) is 11.1. The molecule has 120 valence electrons. The van der Waals surface area contributed by atoms with Crippen molar-refractivity contribution < 1.29 is 9.59 Å². The van der Waals surface area contributed by atoms with E-state index in [1.54, 1.807) is 16.2 Å². The summed E-state index contributed by atoms with van der Waals surface area (Å²) in [7, 11) is 0. The largest absolute Gasteiger partial charge is 0.349 e. The van der Waals surface area contributed by atoms with Crippen molar-refractivity contribution in [3.8, 4) is 0 Å². The lowest BCUT2D eigenvalue weighted by atomic mass is 10.1. The minimum absolute atomic E-state index is 0.0573. The number of hydrogen-bond acceptors (Lipinski definition) is 3. The molecule has 1 N–H and O–H groups in total. The molecule has 1 atom stereocenters. The summed E-state index contributed by atoms with van der Waals surface area (Å²) < 4.78 is 0. The Morgan fingerprint density at radius 1 is 1.30 bits per heavy atom. The van der Waals surface area contributed by atoms with Crippen LogP contribution in [0, 0.1) is 6.92 Å². The molecule has 0 aliphatic carbocycles. The van der Waals surface area contributed by atoms with Crippen molar-refractivity contribution in [3.63, 3.8) is 0 Å². The smallest absolute Gasteiger partial charge is 0.243 e. The van der Waals surface area contributed by atoms with Gasteiger partial charge in [0.25, 0.3) is 0 Å². The summed E-state index contributed by atoms with van der Waals surface area (Å²) in [5, 5.41) is 4.94. The number of likely N-dealkylation sites (tertiary alicyclic amines) is 1. The number of benzene rings is 1. The highest BCUT2D eigenvalue weighted by molar-refractivity contribution is 7.09. The van der Waals surface area contributed by atoms with Gasteiger partial charge in [0.15, 0.2) is 0 Å². The highest BCUT2D eigenvalue weighted by Crippen LogP contribution is 2.22. The maximum Gasteiger partial charge on any atom is 0.243 e. The third kappa shape index (κ3) is 3.79. The van der Waals surface area contributed by atoms with Crippen molar-refractivity contribution in [2.24, 2.45) is 0 Å². The van der Waals surface area contributed by atoms with Crippen LogP contribution >= 0.6 is 11.3 Å².